The van der Waals surface area contributed by atoms with Crippen LogP contribution in [0.25, 0.3) is 0 Å². The zero-order valence-electron chi connectivity index (χ0n) is 9.88. The van der Waals surface area contributed by atoms with Gasteiger partial charge in [0, 0.05) is 0 Å². The molecule has 1 unspecified atom stereocenters. The van der Waals surface area contributed by atoms with Crippen molar-refractivity contribution in [1.82, 2.24) is 0 Å². The molecule has 0 bridgehead atoms. The molecule has 1 heteroatoms. The van der Waals surface area contributed by atoms with Gasteiger partial charge in [0.1, 0.15) is 0 Å². The van der Waals surface area contributed by atoms with Gasteiger partial charge in [0.05, 0.1) is 0 Å². The molecule has 0 aliphatic carbocycles. The SMILES string of the molecule is CC[CH2][Sn]([CH3])([c]1ccccc1)[CH](C)C. The summed E-state index contributed by atoms with van der Waals surface area (Å²) < 4.78 is 4.08. The van der Waals surface area contributed by atoms with Crippen LogP contribution in [-0.4, -0.2) is 18.4 Å². The fourth-order valence-corrected chi connectivity index (χ4v) is 12.2. The Morgan fingerprint density at radius 3 is 2.14 bits per heavy atom. The van der Waals surface area contributed by atoms with Gasteiger partial charge >= 0.3 is 92.8 Å². The van der Waals surface area contributed by atoms with Crippen molar-refractivity contribution in [3.63, 3.8) is 0 Å². The summed E-state index contributed by atoms with van der Waals surface area (Å²) in [7, 11) is 0. The quantitative estimate of drug-likeness (QED) is 0.742. The summed E-state index contributed by atoms with van der Waals surface area (Å²) in [5.74, 6) is 0. The molecule has 0 N–H and O–H groups in total. The van der Waals surface area contributed by atoms with Crippen LogP contribution in [0.5, 0.6) is 0 Å². The average molecular weight is 297 g/mol. The van der Waals surface area contributed by atoms with E-state index < -0.39 is 18.4 Å². The summed E-state index contributed by atoms with van der Waals surface area (Å²) in [5.41, 5.74) is 0. The van der Waals surface area contributed by atoms with Gasteiger partial charge in [0.25, 0.3) is 0 Å². The molecule has 0 aliphatic heterocycles. The second-order valence-electron chi connectivity index (χ2n) is 4.69. The van der Waals surface area contributed by atoms with Crippen LogP contribution in [0.3, 0.4) is 0 Å². The molecule has 1 aromatic carbocycles. The Labute approximate surface area is 92.6 Å². The van der Waals surface area contributed by atoms with E-state index in [1.54, 1.807) is 3.58 Å². The number of hydrogen-bond donors (Lipinski definition) is 0. The van der Waals surface area contributed by atoms with E-state index in [1.807, 2.05) is 0 Å². The number of hydrogen-bond acceptors (Lipinski definition) is 0. The molecule has 0 heterocycles. The summed E-state index contributed by atoms with van der Waals surface area (Å²) in [4.78, 5) is 2.60. The molecule has 0 fully saturated rings. The van der Waals surface area contributed by atoms with Crippen LogP contribution in [0, 0.1) is 0 Å². The summed E-state index contributed by atoms with van der Waals surface area (Å²) in [5, 5.41) is 0. The second kappa shape index (κ2) is 5.20. The Hall–Kier alpha value is 0.0187. The molecule has 0 radical (unpaired) electrons. The molecule has 0 nitrogen and oxygen atoms in total. The van der Waals surface area contributed by atoms with Gasteiger partial charge in [-0.3, -0.25) is 0 Å². The van der Waals surface area contributed by atoms with Gasteiger partial charge in [0.2, 0.25) is 0 Å². The van der Waals surface area contributed by atoms with Gasteiger partial charge in [-0.2, -0.15) is 0 Å². The molecule has 0 spiro atoms. The van der Waals surface area contributed by atoms with Crippen LogP contribution in [0.2, 0.25) is 13.3 Å². The maximum atomic E-state index is 2.60. The molecule has 1 atom stereocenters. The van der Waals surface area contributed by atoms with Crippen LogP contribution in [0.15, 0.2) is 30.3 Å². The van der Waals surface area contributed by atoms with E-state index in [-0.39, 0.29) is 0 Å². The molecular weight excluding hydrogens is 275 g/mol. The Bertz CT molecular complexity index is 266. The Balaban J connectivity index is 2.99. The monoisotopic (exact) mass is 298 g/mol. The van der Waals surface area contributed by atoms with Crippen LogP contribution in [0.4, 0.5) is 0 Å². The van der Waals surface area contributed by atoms with Crippen LogP contribution in [-0.2, 0) is 0 Å². The van der Waals surface area contributed by atoms with Crippen LogP contribution in [0.1, 0.15) is 27.2 Å². The predicted octanol–water partition coefficient (Wildman–Crippen LogP) is 3.79. The molecule has 0 aromatic heterocycles. The van der Waals surface area contributed by atoms with Gasteiger partial charge in [-0.15, -0.1) is 0 Å². The normalized spacial score (nSPS) is 15.5. The Kier molecular flexibility index (Phi) is 4.49. The fraction of sp³-hybridized carbons (Fsp3) is 0.538. The Morgan fingerprint density at radius 2 is 1.71 bits per heavy atom. The van der Waals surface area contributed by atoms with Gasteiger partial charge in [-0.1, -0.05) is 0 Å². The minimum absolute atomic E-state index is 0.909. The average Bonchev–Trinajstić information content (AvgIpc) is 2.19. The van der Waals surface area contributed by atoms with Crippen LogP contribution < -0.4 is 3.58 Å². The zero-order valence-corrected chi connectivity index (χ0v) is 12.7. The third-order valence-corrected chi connectivity index (χ3v) is 19.9. The molecule has 1 rings (SSSR count). The van der Waals surface area contributed by atoms with E-state index in [1.165, 1.54) is 10.9 Å². The second-order valence-corrected chi connectivity index (χ2v) is 19.1. The molecule has 0 aliphatic rings. The Morgan fingerprint density at radius 1 is 1.14 bits per heavy atom. The molecule has 14 heavy (non-hydrogen) atoms. The van der Waals surface area contributed by atoms with Crippen molar-refractivity contribution in [3.05, 3.63) is 30.3 Å². The van der Waals surface area contributed by atoms with E-state index >= 15 is 0 Å². The van der Waals surface area contributed by atoms with Crippen molar-refractivity contribution in [3.8, 4) is 0 Å². The van der Waals surface area contributed by atoms with Crippen molar-refractivity contribution in [2.45, 2.75) is 40.5 Å². The van der Waals surface area contributed by atoms with E-state index in [2.05, 4.69) is 56.0 Å². The topological polar surface area (TPSA) is 0 Å². The van der Waals surface area contributed by atoms with Crippen molar-refractivity contribution in [1.29, 1.82) is 0 Å². The standard InChI is InChI=1S/C6H5.2C3H7.CH3.Sn/c1-2-4-6-5-3-1;2*1-3-2;;/h1-5H;3H,1-2H3;1,3H2,2H3;1H3;. The summed E-state index contributed by atoms with van der Waals surface area (Å²) in [6.45, 7) is 7.15. The fourth-order valence-electron chi connectivity index (χ4n) is 2.10. The first-order valence-corrected chi connectivity index (χ1v) is 13.6. The van der Waals surface area contributed by atoms with Gasteiger partial charge in [-0.05, 0) is 0 Å². The molecule has 0 saturated heterocycles. The van der Waals surface area contributed by atoms with Gasteiger partial charge in [-0.25, -0.2) is 0 Å². The molecule has 0 amide bonds. The van der Waals surface area contributed by atoms with Crippen molar-refractivity contribution < 1.29 is 0 Å². The summed E-state index contributed by atoms with van der Waals surface area (Å²) in [6, 6.07) is 11.2. The van der Waals surface area contributed by atoms with E-state index in [9.17, 15) is 0 Å². The van der Waals surface area contributed by atoms with Crippen molar-refractivity contribution >= 4 is 22.0 Å². The van der Waals surface area contributed by atoms with Crippen molar-refractivity contribution in [2.75, 3.05) is 0 Å². The third kappa shape index (κ3) is 2.53. The van der Waals surface area contributed by atoms with Crippen molar-refractivity contribution in [2.24, 2.45) is 0 Å². The number of benzene rings is 1. The van der Waals surface area contributed by atoms with E-state index in [4.69, 9.17) is 0 Å². The van der Waals surface area contributed by atoms with Gasteiger partial charge < -0.3 is 0 Å². The molecule has 78 valence electrons. The summed E-state index contributed by atoms with van der Waals surface area (Å²) in [6.07, 6.45) is 1.35. The minimum atomic E-state index is -1.99. The van der Waals surface area contributed by atoms with Crippen LogP contribution >= 0.6 is 0 Å². The maximum absolute atomic E-state index is 2.60. The first-order valence-electron chi connectivity index (χ1n) is 5.66. The first kappa shape index (κ1) is 12.1. The first-order chi connectivity index (χ1) is 6.61. The number of rotatable bonds is 4. The third-order valence-electron chi connectivity index (χ3n) is 3.48. The van der Waals surface area contributed by atoms with E-state index in [0.29, 0.717) is 0 Å². The zero-order chi connectivity index (χ0) is 10.6. The molecule has 0 saturated carbocycles. The predicted molar refractivity (Wildman–Crippen MR) is 67.9 cm³/mol. The van der Waals surface area contributed by atoms with E-state index in [0.717, 1.165) is 3.93 Å². The molecular formula is C13H22Sn. The van der Waals surface area contributed by atoms with Gasteiger partial charge in [0.15, 0.2) is 0 Å². The molecule has 1 aromatic rings. The summed E-state index contributed by atoms with van der Waals surface area (Å²) >= 11 is -1.99.